The Hall–Kier alpha value is -1.59. The molecular formula is C9H16N4O2. The molecule has 1 rings (SSSR count). The summed E-state index contributed by atoms with van der Waals surface area (Å²) in [7, 11) is 0. The van der Waals surface area contributed by atoms with Crippen LogP contribution in [0.1, 0.15) is 20.8 Å². The summed E-state index contributed by atoms with van der Waals surface area (Å²) in [4.78, 5) is 11.2. The van der Waals surface area contributed by atoms with Gasteiger partial charge < -0.3 is 14.6 Å². The third-order valence-electron chi connectivity index (χ3n) is 1.50. The molecule has 0 radical (unpaired) electrons. The highest BCUT2D eigenvalue weighted by molar-refractivity contribution is 5.67. The summed E-state index contributed by atoms with van der Waals surface area (Å²) in [5, 5.41) is 9.94. The van der Waals surface area contributed by atoms with E-state index in [1.807, 2.05) is 20.8 Å². The van der Waals surface area contributed by atoms with Crippen molar-refractivity contribution in [3.63, 3.8) is 0 Å². The lowest BCUT2D eigenvalue weighted by Gasteiger charge is -2.19. The van der Waals surface area contributed by atoms with Gasteiger partial charge >= 0.3 is 6.09 Å². The van der Waals surface area contributed by atoms with Crippen LogP contribution >= 0.6 is 0 Å². The van der Waals surface area contributed by atoms with Crippen LogP contribution in [0.3, 0.4) is 0 Å². The molecule has 0 aromatic carbocycles. The van der Waals surface area contributed by atoms with Gasteiger partial charge in [-0.3, -0.25) is 0 Å². The van der Waals surface area contributed by atoms with Crippen LogP contribution in [-0.2, 0) is 11.3 Å². The largest absolute Gasteiger partial charge is 0.444 e. The normalized spacial score (nSPS) is 11.1. The van der Waals surface area contributed by atoms with E-state index in [1.54, 1.807) is 17.2 Å². The lowest BCUT2D eigenvalue weighted by atomic mass is 10.2. The Morgan fingerprint density at radius 2 is 2.00 bits per heavy atom. The van der Waals surface area contributed by atoms with E-state index in [0.717, 1.165) is 0 Å². The Bertz CT molecular complexity index is 302. The maximum atomic E-state index is 11.2. The number of hydrogen-bond donors (Lipinski definition) is 1. The quantitative estimate of drug-likeness (QED) is 0.804. The Labute approximate surface area is 88.6 Å². The zero-order valence-electron chi connectivity index (χ0n) is 9.23. The predicted octanol–water partition coefficient (Wildman–Crippen LogP) is 0.803. The number of carbonyl (C=O) groups excluding carboxylic acids is 1. The monoisotopic (exact) mass is 212 g/mol. The van der Waals surface area contributed by atoms with Gasteiger partial charge in [0.1, 0.15) is 18.3 Å². The zero-order valence-corrected chi connectivity index (χ0v) is 9.23. The molecular weight excluding hydrogens is 196 g/mol. The number of hydrogen-bond acceptors (Lipinski definition) is 4. The lowest BCUT2D eigenvalue weighted by molar-refractivity contribution is 0.0526. The molecule has 0 unspecified atom stereocenters. The van der Waals surface area contributed by atoms with E-state index >= 15 is 0 Å². The molecule has 0 fully saturated rings. The fraction of sp³-hybridized carbons (Fsp3) is 0.667. The Balaban J connectivity index is 2.18. The Kier molecular flexibility index (Phi) is 3.65. The number of amides is 1. The van der Waals surface area contributed by atoms with E-state index in [2.05, 4.69) is 15.5 Å². The third kappa shape index (κ3) is 4.99. The molecule has 0 aliphatic carbocycles. The van der Waals surface area contributed by atoms with E-state index in [9.17, 15) is 4.79 Å². The third-order valence-corrected chi connectivity index (χ3v) is 1.50. The molecule has 6 nitrogen and oxygen atoms in total. The van der Waals surface area contributed by atoms with E-state index in [4.69, 9.17) is 4.74 Å². The molecule has 1 N–H and O–H groups in total. The van der Waals surface area contributed by atoms with Crippen LogP contribution < -0.4 is 5.32 Å². The molecule has 1 aromatic heterocycles. The molecule has 0 saturated carbocycles. The molecule has 6 heteroatoms. The number of alkyl carbamates (subject to hydrolysis) is 1. The average molecular weight is 212 g/mol. The number of nitrogens with zero attached hydrogens (tertiary/aromatic N) is 3. The molecule has 0 aliphatic rings. The molecule has 0 spiro atoms. The van der Waals surface area contributed by atoms with E-state index in [0.29, 0.717) is 13.1 Å². The van der Waals surface area contributed by atoms with Crippen molar-refractivity contribution in [2.75, 3.05) is 6.54 Å². The van der Waals surface area contributed by atoms with Gasteiger partial charge in [0.25, 0.3) is 0 Å². The van der Waals surface area contributed by atoms with Crippen LogP contribution in [0.25, 0.3) is 0 Å². The van der Waals surface area contributed by atoms with Gasteiger partial charge in [-0.05, 0) is 20.8 Å². The highest BCUT2D eigenvalue weighted by Gasteiger charge is 2.15. The van der Waals surface area contributed by atoms with Crippen molar-refractivity contribution in [3.05, 3.63) is 12.7 Å². The summed E-state index contributed by atoms with van der Waals surface area (Å²) in [5.41, 5.74) is -0.458. The first-order chi connectivity index (χ1) is 6.97. The van der Waals surface area contributed by atoms with Gasteiger partial charge in [-0.15, -0.1) is 10.2 Å². The van der Waals surface area contributed by atoms with Gasteiger partial charge in [0.15, 0.2) is 0 Å². The van der Waals surface area contributed by atoms with E-state index < -0.39 is 11.7 Å². The van der Waals surface area contributed by atoms with Crippen molar-refractivity contribution in [3.8, 4) is 0 Å². The van der Waals surface area contributed by atoms with Crippen LogP contribution in [0.4, 0.5) is 4.79 Å². The SMILES string of the molecule is CC(C)(C)OC(=O)NCCn1cnnc1. The standard InChI is InChI=1S/C9H16N4O2/c1-9(2,3)15-8(14)10-4-5-13-6-11-12-7-13/h6-7H,4-5H2,1-3H3,(H,10,14). The maximum Gasteiger partial charge on any atom is 0.407 e. The number of ether oxygens (including phenoxy) is 1. The van der Waals surface area contributed by atoms with Crippen LogP contribution in [0, 0.1) is 0 Å². The molecule has 1 heterocycles. The molecule has 84 valence electrons. The molecule has 1 amide bonds. The summed E-state index contributed by atoms with van der Waals surface area (Å²) in [6.45, 7) is 6.60. The topological polar surface area (TPSA) is 69.0 Å². The first-order valence-corrected chi connectivity index (χ1v) is 4.76. The second kappa shape index (κ2) is 4.77. The van der Waals surface area contributed by atoms with Crippen molar-refractivity contribution in [1.82, 2.24) is 20.1 Å². The van der Waals surface area contributed by atoms with Crippen molar-refractivity contribution < 1.29 is 9.53 Å². The molecule has 0 atom stereocenters. The van der Waals surface area contributed by atoms with Crippen LogP contribution in [-0.4, -0.2) is 33.0 Å². The van der Waals surface area contributed by atoms with Gasteiger partial charge in [-0.2, -0.15) is 0 Å². The van der Waals surface area contributed by atoms with Crippen molar-refractivity contribution in [2.45, 2.75) is 32.9 Å². The minimum atomic E-state index is -0.458. The predicted molar refractivity (Wildman–Crippen MR) is 54.3 cm³/mol. The molecule has 0 bridgehead atoms. The van der Waals surface area contributed by atoms with Gasteiger partial charge in [-0.1, -0.05) is 0 Å². The second-order valence-corrected chi connectivity index (χ2v) is 4.13. The highest BCUT2D eigenvalue weighted by atomic mass is 16.6. The first kappa shape index (κ1) is 11.5. The number of rotatable bonds is 3. The van der Waals surface area contributed by atoms with Crippen molar-refractivity contribution in [2.24, 2.45) is 0 Å². The zero-order chi connectivity index (χ0) is 11.3. The molecule has 1 aromatic rings. The Morgan fingerprint density at radius 3 is 2.53 bits per heavy atom. The summed E-state index contributed by atoms with van der Waals surface area (Å²) >= 11 is 0. The summed E-state index contributed by atoms with van der Waals surface area (Å²) in [6.07, 6.45) is 2.78. The van der Waals surface area contributed by atoms with Crippen LogP contribution in [0.2, 0.25) is 0 Å². The molecule has 0 aliphatic heterocycles. The lowest BCUT2D eigenvalue weighted by Crippen LogP contribution is -2.34. The average Bonchev–Trinajstić information content (AvgIpc) is 2.53. The van der Waals surface area contributed by atoms with E-state index in [-0.39, 0.29) is 0 Å². The first-order valence-electron chi connectivity index (χ1n) is 4.76. The van der Waals surface area contributed by atoms with Crippen molar-refractivity contribution in [1.29, 1.82) is 0 Å². The van der Waals surface area contributed by atoms with E-state index in [1.165, 1.54) is 0 Å². The number of aromatic nitrogens is 3. The summed E-state index contributed by atoms with van der Waals surface area (Å²) in [6, 6.07) is 0. The van der Waals surface area contributed by atoms with Gasteiger partial charge in [0.05, 0.1) is 0 Å². The minimum Gasteiger partial charge on any atom is -0.444 e. The molecule has 15 heavy (non-hydrogen) atoms. The van der Waals surface area contributed by atoms with Gasteiger partial charge in [-0.25, -0.2) is 4.79 Å². The van der Waals surface area contributed by atoms with Crippen LogP contribution in [0.5, 0.6) is 0 Å². The van der Waals surface area contributed by atoms with Gasteiger partial charge in [0.2, 0.25) is 0 Å². The fourth-order valence-electron chi connectivity index (χ4n) is 0.939. The molecule has 0 saturated heterocycles. The van der Waals surface area contributed by atoms with Crippen LogP contribution in [0.15, 0.2) is 12.7 Å². The summed E-state index contributed by atoms with van der Waals surface area (Å²) < 4.78 is 6.84. The minimum absolute atomic E-state index is 0.407. The highest BCUT2D eigenvalue weighted by Crippen LogP contribution is 2.06. The number of nitrogens with one attached hydrogen (secondary N) is 1. The fourth-order valence-corrected chi connectivity index (χ4v) is 0.939. The maximum absolute atomic E-state index is 11.2. The summed E-state index contributed by atoms with van der Waals surface area (Å²) in [5.74, 6) is 0. The second-order valence-electron chi connectivity index (χ2n) is 4.13. The van der Waals surface area contributed by atoms with Crippen molar-refractivity contribution >= 4 is 6.09 Å². The Morgan fingerprint density at radius 1 is 1.40 bits per heavy atom. The smallest absolute Gasteiger partial charge is 0.407 e. The van der Waals surface area contributed by atoms with Gasteiger partial charge in [0, 0.05) is 13.1 Å². The number of carbonyl (C=O) groups is 1.